The minimum atomic E-state index is -0.851. The van der Waals surface area contributed by atoms with E-state index in [1.807, 2.05) is 6.08 Å². The predicted octanol–water partition coefficient (Wildman–Crippen LogP) is 21.4. The van der Waals surface area contributed by atoms with Gasteiger partial charge in [-0.1, -0.05) is 297 Å². The van der Waals surface area contributed by atoms with Crippen LogP contribution in [0.15, 0.2) is 109 Å². The summed E-state index contributed by atoms with van der Waals surface area (Å²) < 4.78 is 16.7. The van der Waals surface area contributed by atoms with Crippen LogP contribution in [0.3, 0.4) is 0 Å². The molecule has 75 heavy (non-hydrogen) atoms. The Morgan fingerprint density at radius 2 is 0.560 bits per heavy atom. The molecule has 0 rings (SSSR count). The fourth-order valence-corrected chi connectivity index (χ4v) is 8.69. The van der Waals surface area contributed by atoms with Gasteiger partial charge in [0.1, 0.15) is 13.2 Å². The van der Waals surface area contributed by atoms with E-state index in [4.69, 9.17) is 14.2 Å². The molecule has 0 saturated carbocycles. The maximum atomic E-state index is 12.8. The van der Waals surface area contributed by atoms with Crippen molar-refractivity contribution < 1.29 is 28.6 Å². The van der Waals surface area contributed by atoms with Crippen LogP contribution in [-0.4, -0.2) is 37.2 Å². The summed E-state index contributed by atoms with van der Waals surface area (Å²) in [5.41, 5.74) is 0. The average Bonchev–Trinajstić information content (AvgIpc) is 3.41. The van der Waals surface area contributed by atoms with Gasteiger partial charge in [-0.15, -0.1) is 0 Å². The molecule has 0 heterocycles. The van der Waals surface area contributed by atoms with Crippen LogP contribution < -0.4 is 0 Å². The Kier molecular flexibility index (Phi) is 59.3. The summed E-state index contributed by atoms with van der Waals surface area (Å²) in [5, 5.41) is 0. The van der Waals surface area contributed by atoms with Gasteiger partial charge in [-0.25, -0.2) is 0 Å². The fraction of sp³-hybridized carbons (Fsp3) is 0.696. The molecule has 6 heteroatoms. The molecular weight excluding hydrogens is 925 g/mol. The van der Waals surface area contributed by atoms with E-state index in [9.17, 15) is 14.4 Å². The first-order chi connectivity index (χ1) is 37.0. The lowest BCUT2D eigenvalue weighted by Crippen LogP contribution is -2.30. The fourth-order valence-electron chi connectivity index (χ4n) is 8.69. The van der Waals surface area contributed by atoms with Crippen LogP contribution in [0, 0.1) is 0 Å². The lowest BCUT2D eigenvalue weighted by Gasteiger charge is -2.18. The van der Waals surface area contributed by atoms with Crippen LogP contribution in [0.25, 0.3) is 0 Å². The van der Waals surface area contributed by atoms with Gasteiger partial charge in [-0.2, -0.15) is 0 Å². The van der Waals surface area contributed by atoms with Crippen LogP contribution in [0.1, 0.15) is 290 Å². The Morgan fingerprint density at radius 1 is 0.293 bits per heavy atom. The molecule has 0 aliphatic carbocycles. The first kappa shape index (κ1) is 71.1. The van der Waals surface area contributed by atoms with Crippen molar-refractivity contribution in [3.8, 4) is 0 Å². The molecule has 1 unspecified atom stereocenters. The smallest absolute Gasteiger partial charge is 0.310 e. The standard InChI is InChI=1S/C69H116O6/c1-4-7-10-13-16-19-22-25-28-29-30-31-32-33-34-35-36-37-38-39-42-44-47-50-53-56-59-62-68(71)74-65-66(75-69(72)63-60-57-54-51-48-45-41-27-24-21-18-15-12-9-6-3)64-73-67(70)61-58-55-52-49-46-43-40-26-23-20-17-14-11-8-5-2/h8-9,11-12,17-18,20-21,26-27,40-41,46,48-49,51,57,60,66H,4-7,10,13-16,19,22-25,28-39,42-45,47,50,52-56,58-59,61-65H2,1-3H3/b11-8-,12-9-,20-17-,21-18-,40-26-,41-27-,49-46-,51-48-,60-57-. The third-order valence-corrected chi connectivity index (χ3v) is 13.3. The number of unbranched alkanes of at least 4 members (excludes halogenated alkanes) is 28. The highest BCUT2D eigenvalue weighted by Crippen LogP contribution is 2.17. The maximum absolute atomic E-state index is 12.8. The molecule has 0 aliphatic rings. The van der Waals surface area contributed by atoms with E-state index in [-0.39, 0.29) is 38.0 Å². The zero-order valence-electron chi connectivity index (χ0n) is 49.0. The van der Waals surface area contributed by atoms with E-state index in [0.29, 0.717) is 19.3 Å². The summed E-state index contributed by atoms with van der Waals surface area (Å²) in [4.78, 5) is 38.1. The summed E-state index contributed by atoms with van der Waals surface area (Å²) in [6.45, 7) is 6.31. The number of rotatable bonds is 56. The molecule has 1 atom stereocenters. The van der Waals surface area contributed by atoms with Gasteiger partial charge in [-0.05, 0) is 83.5 Å². The van der Waals surface area contributed by atoms with Crippen molar-refractivity contribution in [3.63, 3.8) is 0 Å². The van der Waals surface area contributed by atoms with E-state index in [0.717, 1.165) is 83.5 Å². The molecule has 0 fully saturated rings. The van der Waals surface area contributed by atoms with Crippen molar-refractivity contribution in [2.45, 2.75) is 297 Å². The average molecular weight is 1040 g/mol. The normalized spacial score (nSPS) is 12.8. The second-order valence-electron chi connectivity index (χ2n) is 20.6. The Labute approximate surface area is 463 Å². The van der Waals surface area contributed by atoms with Gasteiger partial charge in [0.2, 0.25) is 0 Å². The lowest BCUT2D eigenvalue weighted by atomic mass is 10.0. The Morgan fingerprint density at radius 3 is 0.880 bits per heavy atom. The van der Waals surface area contributed by atoms with E-state index in [1.165, 1.54) is 154 Å². The van der Waals surface area contributed by atoms with Crippen LogP contribution >= 0.6 is 0 Å². The summed E-state index contributed by atoms with van der Waals surface area (Å²) in [6.07, 6.45) is 85.7. The molecule has 0 aromatic heterocycles. The van der Waals surface area contributed by atoms with E-state index in [2.05, 4.69) is 118 Å². The summed E-state index contributed by atoms with van der Waals surface area (Å²) in [6, 6.07) is 0. The molecule has 0 aromatic carbocycles. The molecule has 0 radical (unpaired) electrons. The molecule has 0 bridgehead atoms. The van der Waals surface area contributed by atoms with Gasteiger partial charge in [0.25, 0.3) is 0 Å². The summed E-state index contributed by atoms with van der Waals surface area (Å²) >= 11 is 0. The zero-order chi connectivity index (χ0) is 54.3. The molecule has 0 aromatic rings. The maximum Gasteiger partial charge on any atom is 0.310 e. The number of hydrogen-bond donors (Lipinski definition) is 0. The molecule has 0 saturated heterocycles. The minimum absolute atomic E-state index is 0.0861. The Balaban J connectivity index is 4.34. The zero-order valence-corrected chi connectivity index (χ0v) is 49.0. The SMILES string of the molecule is CC/C=C\C/C=C\C/C=C\C/C=C\C/C=C\CC(=O)OC(COC(=O)CCCC/C=C\C/C=C\C/C=C\C/C=C\CC)COC(=O)CCCCCCCCCCCCCCCCCCCCCCCCCCCCC. The van der Waals surface area contributed by atoms with Crippen LogP contribution in [-0.2, 0) is 28.6 Å². The van der Waals surface area contributed by atoms with Crippen molar-refractivity contribution in [1.82, 2.24) is 0 Å². The highest BCUT2D eigenvalue weighted by molar-refractivity contribution is 5.72. The van der Waals surface area contributed by atoms with Crippen molar-refractivity contribution >= 4 is 17.9 Å². The topological polar surface area (TPSA) is 78.9 Å². The van der Waals surface area contributed by atoms with Gasteiger partial charge in [0.15, 0.2) is 6.10 Å². The van der Waals surface area contributed by atoms with E-state index in [1.54, 1.807) is 6.08 Å². The second kappa shape index (κ2) is 62.6. The van der Waals surface area contributed by atoms with Gasteiger partial charge in [0.05, 0.1) is 6.42 Å². The predicted molar refractivity (Wildman–Crippen MR) is 325 cm³/mol. The van der Waals surface area contributed by atoms with Crippen molar-refractivity contribution in [2.24, 2.45) is 0 Å². The monoisotopic (exact) mass is 1040 g/mol. The second-order valence-corrected chi connectivity index (χ2v) is 20.6. The third-order valence-electron chi connectivity index (χ3n) is 13.3. The highest BCUT2D eigenvalue weighted by atomic mass is 16.6. The quantitative estimate of drug-likeness (QED) is 0.0261. The van der Waals surface area contributed by atoms with Crippen LogP contribution in [0.5, 0.6) is 0 Å². The number of allylic oxidation sites excluding steroid dienone is 17. The lowest BCUT2D eigenvalue weighted by molar-refractivity contribution is -0.166. The molecule has 0 aliphatic heterocycles. The van der Waals surface area contributed by atoms with Gasteiger partial charge < -0.3 is 14.2 Å². The number of carbonyl (C=O) groups excluding carboxylic acids is 3. The Bertz CT molecular complexity index is 1520. The molecule has 428 valence electrons. The Hall–Kier alpha value is -3.93. The first-order valence-corrected chi connectivity index (χ1v) is 31.4. The number of esters is 3. The van der Waals surface area contributed by atoms with Gasteiger partial charge in [0, 0.05) is 12.8 Å². The third kappa shape index (κ3) is 60.8. The molecule has 0 N–H and O–H groups in total. The highest BCUT2D eigenvalue weighted by Gasteiger charge is 2.19. The van der Waals surface area contributed by atoms with Crippen molar-refractivity contribution in [3.05, 3.63) is 109 Å². The molecule has 0 spiro atoms. The number of carbonyl (C=O) groups is 3. The van der Waals surface area contributed by atoms with Crippen LogP contribution in [0.2, 0.25) is 0 Å². The largest absolute Gasteiger partial charge is 0.462 e. The first-order valence-electron chi connectivity index (χ1n) is 31.4. The van der Waals surface area contributed by atoms with Gasteiger partial charge >= 0.3 is 17.9 Å². The van der Waals surface area contributed by atoms with Crippen molar-refractivity contribution in [1.29, 1.82) is 0 Å². The molecule has 0 amide bonds. The number of ether oxygens (including phenoxy) is 3. The summed E-state index contributed by atoms with van der Waals surface area (Å²) in [7, 11) is 0. The van der Waals surface area contributed by atoms with Crippen LogP contribution in [0.4, 0.5) is 0 Å². The van der Waals surface area contributed by atoms with E-state index < -0.39 is 12.1 Å². The molecular formula is C69H116O6. The minimum Gasteiger partial charge on any atom is -0.462 e. The molecule has 6 nitrogen and oxygen atoms in total. The van der Waals surface area contributed by atoms with E-state index >= 15 is 0 Å². The summed E-state index contributed by atoms with van der Waals surface area (Å²) in [5.74, 6) is -1.10. The van der Waals surface area contributed by atoms with Gasteiger partial charge in [-0.3, -0.25) is 14.4 Å². The number of hydrogen-bond acceptors (Lipinski definition) is 6. The van der Waals surface area contributed by atoms with Crippen molar-refractivity contribution in [2.75, 3.05) is 13.2 Å².